The number of rotatable bonds is 7. The van der Waals surface area contributed by atoms with Gasteiger partial charge in [-0.1, -0.05) is 61.9 Å². The van der Waals surface area contributed by atoms with Crippen molar-refractivity contribution in [1.29, 1.82) is 0 Å². The minimum Gasteiger partial charge on any atom is -0.321 e. The first-order valence-electron chi connectivity index (χ1n) is 7.63. The van der Waals surface area contributed by atoms with Crippen LogP contribution < -0.4 is 5.73 Å². The number of benzene rings is 2. The number of nitrogens with two attached hydrogens (primary N) is 1. The van der Waals surface area contributed by atoms with Crippen LogP contribution in [0.2, 0.25) is 0 Å². The van der Waals surface area contributed by atoms with Crippen LogP contribution >= 0.6 is 0 Å². The average Bonchev–Trinajstić information content (AvgIpc) is 2.53. The molecule has 21 heavy (non-hydrogen) atoms. The van der Waals surface area contributed by atoms with Crippen molar-refractivity contribution >= 4 is 5.78 Å². The molecule has 2 nitrogen and oxygen atoms in total. The molecule has 2 rings (SSSR count). The molecule has 0 fully saturated rings. The van der Waals surface area contributed by atoms with Gasteiger partial charge in [0.25, 0.3) is 0 Å². The highest BCUT2D eigenvalue weighted by Gasteiger charge is 2.16. The molecule has 2 aromatic rings. The van der Waals surface area contributed by atoms with E-state index in [0.717, 1.165) is 30.4 Å². The lowest BCUT2D eigenvalue weighted by molar-refractivity contribution is 0.0961. The van der Waals surface area contributed by atoms with Gasteiger partial charge in [-0.25, -0.2) is 0 Å². The first-order chi connectivity index (χ1) is 10.2. The number of hydrogen-bond acceptors (Lipinski definition) is 2. The van der Waals surface area contributed by atoms with E-state index >= 15 is 0 Å². The maximum Gasteiger partial charge on any atom is 0.179 e. The predicted octanol–water partition coefficient (Wildman–Crippen LogP) is 3.78. The third kappa shape index (κ3) is 4.54. The Bertz CT molecular complexity index is 577. The van der Waals surface area contributed by atoms with E-state index in [1.54, 1.807) is 0 Å². The van der Waals surface area contributed by atoms with E-state index < -0.39 is 6.04 Å². The van der Waals surface area contributed by atoms with Crippen molar-refractivity contribution in [2.45, 2.75) is 38.6 Å². The van der Waals surface area contributed by atoms with Gasteiger partial charge in [0.05, 0.1) is 6.04 Å². The lowest BCUT2D eigenvalue weighted by Gasteiger charge is -2.11. The molecule has 110 valence electrons. The summed E-state index contributed by atoms with van der Waals surface area (Å²) in [6.45, 7) is 2.17. The SMILES string of the molecule is CCCCc1cccc(C(=O)[C@@H](N)Cc2ccccc2)c1. The van der Waals surface area contributed by atoms with Crippen molar-refractivity contribution in [3.05, 3.63) is 71.3 Å². The highest BCUT2D eigenvalue weighted by Crippen LogP contribution is 2.12. The van der Waals surface area contributed by atoms with Crippen LogP contribution in [-0.4, -0.2) is 11.8 Å². The highest BCUT2D eigenvalue weighted by molar-refractivity contribution is 6.00. The first kappa shape index (κ1) is 15.5. The van der Waals surface area contributed by atoms with E-state index in [9.17, 15) is 4.79 Å². The second kappa shape index (κ2) is 7.75. The number of unbranched alkanes of at least 4 members (excludes halogenated alkanes) is 1. The zero-order valence-corrected chi connectivity index (χ0v) is 12.6. The van der Waals surface area contributed by atoms with Gasteiger partial charge in [0, 0.05) is 5.56 Å². The molecule has 0 spiro atoms. The monoisotopic (exact) mass is 281 g/mol. The Morgan fingerprint density at radius 2 is 1.76 bits per heavy atom. The Hall–Kier alpha value is -1.93. The van der Waals surface area contributed by atoms with E-state index in [2.05, 4.69) is 13.0 Å². The molecule has 0 bridgehead atoms. The minimum atomic E-state index is -0.478. The lowest BCUT2D eigenvalue weighted by atomic mass is 9.96. The van der Waals surface area contributed by atoms with E-state index in [-0.39, 0.29) is 5.78 Å². The van der Waals surface area contributed by atoms with Gasteiger partial charge in [-0.15, -0.1) is 0 Å². The van der Waals surface area contributed by atoms with Crippen LogP contribution in [0.25, 0.3) is 0 Å². The van der Waals surface area contributed by atoms with Crippen LogP contribution in [0.5, 0.6) is 0 Å². The number of aryl methyl sites for hydroxylation is 1. The van der Waals surface area contributed by atoms with Gasteiger partial charge in [-0.05, 0) is 36.5 Å². The third-order valence-corrected chi connectivity index (χ3v) is 3.67. The van der Waals surface area contributed by atoms with Crippen molar-refractivity contribution < 1.29 is 4.79 Å². The van der Waals surface area contributed by atoms with E-state index in [1.807, 2.05) is 48.5 Å². The van der Waals surface area contributed by atoms with Gasteiger partial charge >= 0.3 is 0 Å². The molecule has 0 aromatic heterocycles. The van der Waals surface area contributed by atoms with Crippen molar-refractivity contribution in [2.75, 3.05) is 0 Å². The van der Waals surface area contributed by atoms with Crippen LogP contribution in [0.1, 0.15) is 41.3 Å². The van der Waals surface area contributed by atoms with Gasteiger partial charge in [-0.3, -0.25) is 4.79 Å². The molecular formula is C19H23NO. The van der Waals surface area contributed by atoms with Gasteiger partial charge in [0.2, 0.25) is 0 Å². The lowest BCUT2D eigenvalue weighted by Crippen LogP contribution is -2.32. The quantitative estimate of drug-likeness (QED) is 0.785. The van der Waals surface area contributed by atoms with Gasteiger partial charge < -0.3 is 5.73 Å². The zero-order valence-electron chi connectivity index (χ0n) is 12.6. The highest BCUT2D eigenvalue weighted by atomic mass is 16.1. The van der Waals surface area contributed by atoms with Crippen molar-refractivity contribution in [2.24, 2.45) is 5.73 Å². The second-order valence-electron chi connectivity index (χ2n) is 5.46. The number of Topliss-reactive ketones (excluding diaryl/α,β-unsaturated/α-hetero) is 1. The molecule has 2 N–H and O–H groups in total. The molecule has 2 heteroatoms. The Balaban J connectivity index is 2.05. The summed E-state index contributed by atoms with van der Waals surface area (Å²) < 4.78 is 0. The molecule has 1 atom stereocenters. The number of hydrogen-bond donors (Lipinski definition) is 1. The van der Waals surface area contributed by atoms with Crippen LogP contribution in [0.3, 0.4) is 0 Å². The molecule has 0 heterocycles. The summed E-state index contributed by atoms with van der Waals surface area (Å²) in [5.74, 6) is 0.0252. The fourth-order valence-electron chi connectivity index (χ4n) is 2.44. The van der Waals surface area contributed by atoms with Crippen molar-refractivity contribution in [1.82, 2.24) is 0 Å². The standard InChI is InChI=1S/C19H23NO/c1-2-3-8-15-11-7-12-17(13-15)19(21)18(20)14-16-9-5-4-6-10-16/h4-7,9-13,18H,2-3,8,14,20H2,1H3/t18-/m0/s1. The zero-order chi connectivity index (χ0) is 15.1. The topological polar surface area (TPSA) is 43.1 Å². The van der Waals surface area contributed by atoms with Crippen LogP contribution in [0.4, 0.5) is 0 Å². The maximum atomic E-state index is 12.5. The molecule has 0 aliphatic heterocycles. The smallest absolute Gasteiger partial charge is 0.179 e. The van der Waals surface area contributed by atoms with E-state index in [4.69, 9.17) is 5.73 Å². The first-order valence-corrected chi connectivity index (χ1v) is 7.63. The summed E-state index contributed by atoms with van der Waals surface area (Å²) >= 11 is 0. The largest absolute Gasteiger partial charge is 0.321 e. The molecule has 0 aliphatic rings. The van der Waals surface area contributed by atoms with Crippen molar-refractivity contribution in [3.8, 4) is 0 Å². The molecule has 0 saturated carbocycles. The normalized spacial score (nSPS) is 12.1. The molecule has 0 aliphatic carbocycles. The number of carbonyl (C=O) groups excluding carboxylic acids is 1. The summed E-state index contributed by atoms with van der Waals surface area (Å²) in [7, 11) is 0. The second-order valence-corrected chi connectivity index (χ2v) is 5.46. The molecule has 2 aromatic carbocycles. The molecular weight excluding hydrogens is 258 g/mol. The van der Waals surface area contributed by atoms with E-state index in [0.29, 0.717) is 6.42 Å². The minimum absolute atomic E-state index is 0.0252. The number of carbonyl (C=O) groups is 1. The summed E-state index contributed by atoms with van der Waals surface area (Å²) in [5, 5.41) is 0. The Morgan fingerprint density at radius 3 is 2.48 bits per heavy atom. The molecule has 0 saturated heterocycles. The fraction of sp³-hybridized carbons (Fsp3) is 0.316. The van der Waals surface area contributed by atoms with Crippen LogP contribution in [-0.2, 0) is 12.8 Å². The van der Waals surface area contributed by atoms with E-state index in [1.165, 1.54) is 5.56 Å². The Morgan fingerprint density at radius 1 is 1.05 bits per heavy atom. The maximum absolute atomic E-state index is 12.5. The third-order valence-electron chi connectivity index (χ3n) is 3.67. The Kier molecular flexibility index (Phi) is 5.70. The summed E-state index contributed by atoms with van der Waals surface area (Å²) in [4.78, 5) is 12.5. The van der Waals surface area contributed by atoms with Crippen LogP contribution in [0.15, 0.2) is 54.6 Å². The summed E-state index contributed by atoms with van der Waals surface area (Å²) in [6, 6.07) is 17.3. The fourth-order valence-corrected chi connectivity index (χ4v) is 2.44. The summed E-state index contributed by atoms with van der Waals surface area (Å²) in [6.07, 6.45) is 3.91. The van der Waals surface area contributed by atoms with Gasteiger partial charge in [0.1, 0.15) is 0 Å². The number of ketones is 1. The Labute approximate surface area is 127 Å². The summed E-state index contributed by atoms with van der Waals surface area (Å²) in [5.41, 5.74) is 9.13. The van der Waals surface area contributed by atoms with Crippen molar-refractivity contribution in [3.63, 3.8) is 0 Å². The molecule has 0 radical (unpaired) electrons. The van der Waals surface area contributed by atoms with Crippen LogP contribution in [0, 0.1) is 0 Å². The average molecular weight is 281 g/mol. The van der Waals surface area contributed by atoms with Gasteiger partial charge in [-0.2, -0.15) is 0 Å². The molecule has 0 unspecified atom stereocenters. The predicted molar refractivity (Wildman–Crippen MR) is 87.5 cm³/mol. The molecule has 0 amide bonds. The van der Waals surface area contributed by atoms with Gasteiger partial charge in [0.15, 0.2) is 5.78 Å².